The fourth-order valence-corrected chi connectivity index (χ4v) is 7.17. The highest BCUT2D eigenvalue weighted by Crippen LogP contribution is 2.35. The van der Waals surface area contributed by atoms with Crippen LogP contribution in [0.4, 0.5) is 5.13 Å². The smallest absolute Gasteiger partial charge is 0.354 e. The third kappa shape index (κ3) is 8.31. The SMILES string of the molecule is COCNC1CCC(NC(=N)c2ccc3c(c2)CCC(C(C)(O/N=C(\C(=O)NC2C(=O)N(OS(=O)O)C2(C)C)c2csc(N)n2)C(=O)O)O3)CC1. The number of fused-ring (bicyclic) bond motifs is 1. The molecule has 8 N–H and O–H groups in total. The molecule has 4 unspecified atom stereocenters. The Labute approximate surface area is 300 Å². The maximum absolute atomic E-state index is 13.5. The molecule has 4 atom stereocenters. The van der Waals surface area contributed by atoms with Gasteiger partial charge in [-0.25, -0.2) is 9.78 Å². The van der Waals surface area contributed by atoms with E-state index in [1.807, 2.05) is 6.07 Å². The molecule has 3 aliphatic rings. The van der Waals surface area contributed by atoms with Crippen LogP contribution in [0, 0.1) is 5.41 Å². The second-order valence-electron chi connectivity index (χ2n) is 13.2. The van der Waals surface area contributed by atoms with Crippen molar-refractivity contribution in [2.45, 2.75) is 94.7 Å². The molecule has 0 radical (unpaired) electrons. The Kier molecular flexibility index (Phi) is 11.6. The van der Waals surface area contributed by atoms with E-state index in [0.717, 1.165) is 42.6 Å². The summed E-state index contributed by atoms with van der Waals surface area (Å²) in [5, 5.41) is 34.3. The topological polar surface area (TPSA) is 260 Å². The first kappa shape index (κ1) is 38.0. The van der Waals surface area contributed by atoms with Crippen LogP contribution in [-0.4, -0.2) is 102 Å². The summed E-state index contributed by atoms with van der Waals surface area (Å²) in [7, 11) is 1.65. The first-order valence-corrected chi connectivity index (χ1v) is 18.1. The second kappa shape index (κ2) is 15.6. The zero-order valence-corrected chi connectivity index (χ0v) is 30.1. The molecular weight excluding hydrogens is 709 g/mol. The van der Waals surface area contributed by atoms with Crippen LogP contribution in [-0.2, 0) is 46.0 Å². The fraction of sp³-hybridized carbons (Fsp3) is 0.548. The number of hydroxylamine groups is 2. The molecule has 2 fully saturated rings. The van der Waals surface area contributed by atoms with E-state index >= 15 is 0 Å². The lowest BCUT2D eigenvalue weighted by Gasteiger charge is -2.50. The van der Waals surface area contributed by atoms with Gasteiger partial charge in [0.25, 0.3) is 17.4 Å². The van der Waals surface area contributed by atoms with Crippen molar-refractivity contribution in [1.29, 1.82) is 5.41 Å². The number of nitrogens with one attached hydrogen (secondary N) is 4. The summed E-state index contributed by atoms with van der Waals surface area (Å²) < 4.78 is 36.0. The quantitative estimate of drug-likeness (QED) is 0.0359. The lowest BCUT2D eigenvalue weighted by atomic mass is 9.84. The minimum Gasteiger partial charge on any atom is -0.485 e. The van der Waals surface area contributed by atoms with Crippen LogP contribution in [0.3, 0.4) is 0 Å². The van der Waals surface area contributed by atoms with Crippen LogP contribution in [0.25, 0.3) is 0 Å². The number of amidine groups is 1. The monoisotopic (exact) mass is 750 g/mol. The van der Waals surface area contributed by atoms with Crippen molar-refractivity contribution >= 4 is 57.2 Å². The van der Waals surface area contributed by atoms with Gasteiger partial charge in [-0.15, -0.1) is 15.6 Å². The number of carbonyl (C=O) groups is 3. The molecule has 0 spiro atoms. The first-order chi connectivity index (χ1) is 24.1. The Balaban J connectivity index is 1.27. The highest BCUT2D eigenvalue weighted by atomic mass is 32.2. The average Bonchev–Trinajstić information content (AvgIpc) is 3.53. The number of ether oxygens (including phenoxy) is 2. The summed E-state index contributed by atoms with van der Waals surface area (Å²) in [5.41, 5.74) is 3.45. The number of aryl methyl sites for hydroxylation is 1. The number of hydrogen-bond donors (Lipinski definition) is 7. The van der Waals surface area contributed by atoms with E-state index in [9.17, 15) is 23.7 Å². The van der Waals surface area contributed by atoms with Gasteiger partial charge in [-0.2, -0.15) is 9.27 Å². The van der Waals surface area contributed by atoms with Crippen molar-refractivity contribution in [2.24, 2.45) is 5.16 Å². The number of carboxylic acids is 1. The number of methoxy groups -OCH3 is 1. The van der Waals surface area contributed by atoms with Gasteiger partial charge in [-0.05, 0) is 83.1 Å². The predicted octanol–water partition coefficient (Wildman–Crippen LogP) is 1.28. The number of nitrogen functional groups attached to an aromatic ring is 1. The number of nitrogens with two attached hydrogens (primary N) is 1. The van der Waals surface area contributed by atoms with Gasteiger partial charge in [0, 0.05) is 30.1 Å². The Morgan fingerprint density at radius 3 is 2.55 bits per heavy atom. The second-order valence-corrected chi connectivity index (χ2v) is 14.6. The number of β-lactam (4-membered cyclic amide) rings is 1. The minimum absolute atomic E-state index is 0.0359. The van der Waals surface area contributed by atoms with Gasteiger partial charge < -0.3 is 35.8 Å². The van der Waals surface area contributed by atoms with Crippen molar-refractivity contribution in [3.8, 4) is 5.75 Å². The molecular formula is C31H42N8O10S2. The summed E-state index contributed by atoms with van der Waals surface area (Å²) in [6.45, 7) is 4.78. The summed E-state index contributed by atoms with van der Waals surface area (Å²) >= 11 is -1.78. The highest BCUT2D eigenvalue weighted by molar-refractivity contribution is 7.74. The molecule has 2 amide bonds. The van der Waals surface area contributed by atoms with Gasteiger partial charge in [0.2, 0.25) is 0 Å². The van der Waals surface area contributed by atoms with Gasteiger partial charge in [-0.3, -0.25) is 24.9 Å². The van der Waals surface area contributed by atoms with E-state index in [1.54, 1.807) is 19.2 Å². The van der Waals surface area contributed by atoms with E-state index in [-0.39, 0.29) is 23.3 Å². The zero-order valence-electron chi connectivity index (χ0n) is 28.5. The fourth-order valence-electron chi connectivity index (χ4n) is 6.23. The molecule has 18 nitrogen and oxygen atoms in total. The molecule has 1 aromatic heterocycles. The van der Waals surface area contributed by atoms with Crippen LogP contribution >= 0.6 is 11.3 Å². The number of amides is 2. The number of anilines is 1. The zero-order chi connectivity index (χ0) is 37.1. The summed E-state index contributed by atoms with van der Waals surface area (Å²) in [6, 6.07) is 4.66. The number of aliphatic carboxylic acids is 1. The largest absolute Gasteiger partial charge is 0.485 e. The maximum atomic E-state index is 13.5. The number of oxime groups is 1. The number of hydrogen-bond acceptors (Lipinski definition) is 14. The molecule has 1 aliphatic carbocycles. The molecule has 278 valence electrons. The Morgan fingerprint density at radius 1 is 1.24 bits per heavy atom. The number of thiazole rings is 1. The molecule has 2 aliphatic heterocycles. The van der Waals surface area contributed by atoms with Crippen molar-refractivity contribution in [3.63, 3.8) is 0 Å². The molecule has 1 aromatic carbocycles. The van der Waals surface area contributed by atoms with E-state index in [2.05, 4.69) is 30.4 Å². The van der Waals surface area contributed by atoms with Crippen LogP contribution in [0.5, 0.6) is 5.75 Å². The van der Waals surface area contributed by atoms with Crippen molar-refractivity contribution in [3.05, 3.63) is 40.4 Å². The van der Waals surface area contributed by atoms with Crippen LogP contribution in [0.1, 0.15) is 69.7 Å². The van der Waals surface area contributed by atoms with E-state index < -0.39 is 58.1 Å². The molecule has 51 heavy (non-hydrogen) atoms. The highest BCUT2D eigenvalue weighted by Gasteiger charge is 2.57. The van der Waals surface area contributed by atoms with Gasteiger partial charge in [0.15, 0.2) is 16.9 Å². The summed E-state index contributed by atoms with van der Waals surface area (Å²) in [5.74, 6) is -2.43. The normalized spacial score (nSPS) is 24.6. The van der Waals surface area contributed by atoms with Crippen molar-refractivity contribution < 1.29 is 46.8 Å². The number of carbonyl (C=O) groups excluding carboxylic acids is 2. The van der Waals surface area contributed by atoms with Crippen molar-refractivity contribution in [1.82, 2.24) is 26.0 Å². The Morgan fingerprint density at radius 2 is 1.94 bits per heavy atom. The number of aromatic nitrogens is 1. The summed E-state index contributed by atoms with van der Waals surface area (Å²) in [4.78, 5) is 48.5. The third-order valence-corrected chi connectivity index (χ3v) is 10.3. The average molecular weight is 751 g/mol. The molecule has 1 saturated heterocycles. The van der Waals surface area contributed by atoms with Gasteiger partial charge in [0.05, 0.1) is 12.3 Å². The number of rotatable bonds is 14. The lowest BCUT2D eigenvalue weighted by Crippen LogP contribution is -2.76. The van der Waals surface area contributed by atoms with Crippen LogP contribution in [0.2, 0.25) is 0 Å². The molecule has 20 heteroatoms. The maximum Gasteiger partial charge on any atom is 0.354 e. The standard InChI is InChI=1S/C31H42N8O10S2/c1-30(2)24(27(41)39(30)49-51(44)45)37-26(40)23(20-14-50-29(33)36-20)38-48-31(3,28(42)43)22-12-6-16-13-17(5-11-21(16)47-22)25(32)35-19-9-7-18(8-10-19)34-15-46-4/h5,11,13-14,18-19,22,24,34H,6-10,12,15H2,1-4H3,(H2,32,35)(H2,33,36)(H,37,40)(H,42,43)(H,44,45)/b38-23-. The van der Waals surface area contributed by atoms with Crippen LogP contribution in [0.15, 0.2) is 28.7 Å². The lowest BCUT2D eigenvalue weighted by molar-refractivity contribution is -0.216. The number of nitrogens with zero attached hydrogens (tertiary/aromatic N) is 3. The van der Waals surface area contributed by atoms with Gasteiger partial charge in [0.1, 0.15) is 23.3 Å². The molecule has 2 aromatic rings. The Hall–Kier alpha value is -4.21. The third-order valence-electron chi connectivity index (χ3n) is 9.32. The molecule has 0 bridgehead atoms. The summed E-state index contributed by atoms with van der Waals surface area (Å²) in [6.07, 6.45) is 3.40. The number of benzene rings is 1. The minimum atomic E-state index is -2.77. The molecule has 5 rings (SSSR count). The molecule has 3 heterocycles. The van der Waals surface area contributed by atoms with Crippen LogP contribution < -0.4 is 26.4 Å². The molecule has 1 saturated carbocycles. The predicted molar refractivity (Wildman–Crippen MR) is 185 cm³/mol. The van der Waals surface area contributed by atoms with Gasteiger partial charge >= 0.3 is 17.3 Å². The van der Waals surface area contributed by atoms with E-state index in [4.69, 9.17) is 30.0 Å². The van der Waals surface area contributed by atoms with Gasteiger partial charge in [-0.1, -0.05) is 5.16 Å². The van der Waals surface area contributed by atoms with Crippen molar-refractivity contribution in [2.75, 3.05) is 19.6 Å². The Bertz CT molecular complexity index is 1710. The number of carboxylic acid groups (broad SMARTS) is 1. The van der Waals surface area contributed by atoms with E-state index in [0.29, 0.717) is 41.4 Å². The van der Waals surface area contributed by atoms with E-state index in [1.165, 1.54) is 26.2 Å². The first-order valence-electron chi connectivity index (χ1n) is 16.2.